The molecule has 1 aromatic carbocycles. The molecule has 1 heterocycles. The second-order valence-electron chi connectivity index (χ2n) is 6.81. The smallest absolute Gasteiger partial charge is 0.274 e. The van der Waals surface area contributed by atoms with Crippen LogP contribution in [0.2, 0.25) is 0 Å². The zero-order valence-corrected chi connectivity index (χ0v) is 15.4. The lowest BCUT2D eigenvalue weighted by atomic mass is 10.1. The van der Waals surface area contributed by atoms with Gasteiger partial charge in [0.15, 0.2) is 5.69 Å². The maximum absolute atomic E-state index is 12.8. The molecular weight excluding hydrogens is 328 g/mol. The van der Waals surface area contributed by atoms with Crippen molar-refractivity contribution in [2.45, 2.75) is 39.2 Å². The average molecular weight is 354 g/mol. The minimum Gasteiger partial charge on any atom is -0.333 e. The van der Waals surface area contributed by atoms with Crippen LogP contribution in [0.4, 0.5) is 5.82 Å². The first kappa shape index (κ1) is 18.2. The number of nitrogens with zero attached hydrogens (tertiary/aromatic N) is 3. The van der Waals surface area contributed by atoms with Gasteiger partial charge in [0.2, 0.25) is 5.91 Å². The molecule has 138 valence electrons. The van der Waals surface area contributed by atoms with Gasteiger partial charge in [0.05, 0.1) is 0 Å². The lowest BCUT2D eigenvalue weighted by Crippen LogP contribution is -2.30. The van der Waals surface area contributed by atoms with Gasteiger partial charge in [-0.2, -0.15) is 5.10 Å². The molecule has 0 saturated heterocycles. The van der Waals surface area contributed by atoms with Crippen molar-refractivity contribution in [3.8, 4) is 0 Å². The lowest BCUT2D eigenvalue weighted by molar-refractivity contribution is -0.119. The standard InChI is InChI=1S/C20H26N4O2/c1-3-24(14-15-9-5-4-6-10-15)20(26)17-13-18(23(2)22-17)21-19(25)16-11-7-8-12-16/h4-6,9-10,13,16H,3,7-8,11-12,14H2,1-2H3,(H,21,25). The highest BCUT2D eigenvalue weighted by Gasteiger charge is 2.25. The van der Waals surface area contributed by atoms with Gasteiger partial charge in [-0.05, 0) is 25.3 Å². The molecular formula is C20H26N4O2. The quantitative estimate of drug-likeness (QED) is 0.866. The molecule has 0 aliphatic heterocycles. The van der Waals surface area contributed by atoms with E-state index in [9.17, 15) is 9.59 Å². The SMILES string of the molecule is CCN(Cc1ccccc1)C(=O)c1cc(NC(=O)C2CCCC2)n(C)n1. The number of nitrogens with one attached hydrogen (secondary N) is 1. The van der Waals surface area contributed by atoms with Crippen LogP contribution in [0.1, 0.15) is 48.7 Å². The molecule has 3 rings (SSSR count). The minimum atomic E-state index is -0.131. The summed E-state index contributed by atoms with van der Waals surface area (Å²) in [6.45, 7) is 3.08. The summed E-state index contributed by atoms with van der Waals surface area (Å²) in [6.07, 6.45) is 4.10. The van der Waals surface area contributed by atoms with E-state index in [1.807, 2.05) is 37.3 Å². The highest BCUT2D eigenvalue weighted by Crippen LogP contribution is 2.26. The third-order valence-electron chi connectivity index (χ3n) is 4.96. The number of amides is 2. The Bertz CT molecular complexity index is 763. The molecule has 0 unspecified atom stereocenters. The van der Waals surface area contributed by atoms with E-state index in [1.54, 1.807) is 22.7 Å². The zero-order chi connectivity index (χ0) is 18.5. The number of benzene rings is 1. The van der Waals surface area contributed by atoms with Gasteiger partial charge < -0.3 is 10.2 Å². The third-order valence-corrected chi connectivity index (χ3v) is 4.96. The number of rotatable bonds is 6. The summed E-state index contributed by atoms with van der Waals surface area (Å²) >= 11 is 0. The highest BCUT2D eigenvalue weighted by atomic mass is 16.2. The summed E-state index contributed by atoms with van der Waals surface area (Å²) in [6, 6.07) is 11.6. The first-order valence-corrected chi connectivity index (χ1v) is 9.26. The second-order valence-corrected chi connectivity index (χ2v) is 6.81. The molecule has 1 saturated carbocycles. The topological polar surface area (TPSA) is 67.2 Å². The molecule has 1 N–H and O–H groups in total. The van der Waals surface area contributed by atoms with E-state index in [1.165, 1.54) is 0 Å². The number of aryl methyl sites for hydroxylation is 1. The molecule has 0 bridgehead atoms. The maximum atomic E-state index is 12.8. The molecule has 1 aliphatic rings. The third kappa shape index (κ3) is 4.12. The Morgan fingerprint density at radius 3 is 2.58 bits per heavy atom. The molecule has 6 heteroatoms. The summed E-state index contributed by atoms with van der Waals surface area (Å²) in [7, 11) is 1.74. The molecule has 26 heavy (non-hydrogen) atoms. The Labute approximate surface area is 154 Å². The Morgan fingerprint density at radius 1 is 1.23 bits per heavy atom. The van der Waals surface area contributed by atoms with E-state index in [-0.39, 0.29) is 17.7 Å². The normalized spacial score (nSPS) is 14.4. The summed E-state index contributed by atoms with van der Waals surface area (Å²) in [5.74, 6) is 0.546. The van der Waals surface area contributed by atoms with Crippen LogP contribution >= 0.6 is 0 Å². The second kappa shape index (κ2) is 8.17. The van der Waals surface area contributed by atoms with Crippen LogP contribution in [0.5, 0.6) is 0 Å². The van der Waals surface area contributed by atoms with Gasteiger partial charge in [-0.3, -0.25) is 14.3 Å². The van der Waals surface area contributed by atoms with Crippen molar-refractivity contribution >= 4 is 17.6 Å². The van der Waals surface area contributed by atoms with Crippen molar-refractivity contribution in [3.05, 3.63) is 47.7 Å². The van der Waals surface area contributed by atoms with Gasteiger partial charge in [-0.1, -0.05) is 43.2 Å². The first-order chi connectivity index (χ1) is 12.6. The van der Waals surface area contributed by atoms with Crippen molar-refractivity contribution in [3.63, 3.8) is 0 Å². The minimum absolute atomic E-state index is 0.0288. The van der Waals surface area contributed by atoms with Crippen LogP contribution in [-0.4, -0.2) is 33.0 Å². The number of anilines is 1. The zero-order valence-electron chi connectivity index (χ0n) is 15.4. The van der Waals surface area contributed by atoms with Crippen molar-refractivity contribution < 1.29 is 9.59 Å². The summed E-state index contributed by atoms with van der Waals surface area (Å²) in [4.78, 5) is 26.9. The van der Waals surface area contributed by atoms with Gasteiger partial charge in [-0.25, -0.2) is 0 Å². The van der Waals surface area contributed by atoms with Crippen molar-refractivity contribution in [2.24, 2.45) is 13.0 Å². The summed E-state index contributed by atoms with van der Waals surface area (Å²) in [5.41, 5.74) is 1.43. The molecule has 0 radical (unpaired) electrons. The molecule has 2 amide bonds. The Hall–Kier alpha value is -2.63. The fraction of sp³-hybridized carbons (Fsp3) is 0.450. The fourth-order valence-electron chi connectivity index (χ4n) is 3.40. The number of hydrogen-bond donors (Lipinski definition) is 1. The molecule has 0 atom stereocenters. The van der Waals surface area contributed by atoms with Crippen LogP contribution in [0.15, 0.2) is 36.4 Å². The molecule has 1 fully saturated rings. The highest BCUT2D eigenvalue weighted by molar-refractivity contribution is 5.96. The number of hydrogen-bond acceptors (Lipinski definition) is 3. The van der Waals surface area contributed by atoms with Crippen molar-refractivity contribution in [1.29, 1.82) is 0 Å². The monoisotopic (exact) mass is 354 g/mol. The largest absolute Gasteiger partial charge is 0.333 e. The molecule has 2 aromatic rings. The number of carbonyl (C=O) groups is 2. The van der Waals surface area contributed by atoms with Crippen LogP contribution in [0, 0.1) is 5.92 Å². The molecule has 6 nitrogen and oxygen atoms in total. The van der Waals surface area contributed by atoms with E-state index in [0.29, 0.717) is 24.6 Å². The van der Waals surface area contributed by atoms with E-state index in [2.05, 4.69) is 10.4 Å². The van der Waals surface area contributed by atoms with Crippen LogP contribution in [0.25, 0.3) is 0 Å². The predicted molar refractivity (Wildman–Crippen MR) is 101 cm³/mol. The van der Waals surface area contributed by atoms with E-state index in [0.717, 1.165) is 31.2 Å². The van der Waals surface area contributed by atoms with Gasteiger partial charge in [0.1, 0.15) is 5.82 Å². The average Bonchev–Trinajstić information content (AvgIpc) is 3.30. The molecule has 1 aliphatic carbocycles. The first-order valence-electron chi connectivity index (χ1n) is 9.26. The fourth-order valence-corrected chi connectivity index (χ4v) is 3.40. The van der Waals surface area contributed by atoms with Crippen molar-refractivity contribution in [2.75, 3.05) is 11.9 Å². The van der Waals surface area contributed by atoms with E-state index in [4.69, 9.17) is 0 Å². The van der Waals surface area contributed by atoms with E-state index >= 15 is 0 Å². The Kier molecular flexibility index (Phi) is 5.71. The van der Waals surface area contributed by atoms with Crippen LogP contribution in [0.3, 0.4) is 0 Å². The maximum Gasteiger partial charge on any atom is 0.274 e. The van der Waals surface area contributed by atoms with Gasteiger partial charge in [0.25, 0.3) is 5.91 Å². The number of aromatic nitrogens is 2. The predicted octanol–water partition coefficient (Wildman–Crippen LogP) is 3.21. The van der Waals surface area contributed by atoms with Crippen LogP contribution < -0.4 is 5.32 Å². The number of carbonyl (C=O) groups excluding carboxylic acids is 2. The van der Waals surface area contributed by atoms with Crippen molar-refractivity contribution in [1.82, 2.24) is 14.7 Å². The Morgan fingerprint density at radius 2 is 1.92 bits per heavy atom. The van der Waals surface area contributed by atoms with E-state index < -0.39 is 0 Å². The van der Waals surface area contributed by atoms with Gasteiger partial charge in [0, 0.05) is 32.1 Å². The van der Waals surface area contributed by atoms with Gasteiger partial charge in [-0.15, -0.1) is 0 Å². The lowest BCUT2D eigenvalue weighted by Gasteiger charge is -2.19. The summed E-state index contributed by atoms with van der Waals surface area (Å²) < 4.78 is 1.57. The summed E-state index contributed by atoms with van der Waals surface area (Å²) in [5, 5.41) is 7.24. The van der Waals surface area contributed by atoms with Crippen LogP contribution in [-0.2, 0) is 18.4 Å². The van der Waals surface area contributed by atoms with Gasteiger partial charge >= 0.3 is 0 Å². The molecule has 0 spiro atoms. The molecule has 1 aromatic heterocycles. The Balaban J connectivity index is 1.69.